The van der Waals surface area contributed by atoms with Gasteiger partial charge in [-0.15, -0.1) is 0 Å². The molecule has 6 aromatic heterocycles. The second-order valence-electron chi connectivity index (χ2n) is 30.2. The van der Waals surface area contributed by atoms with Crippen molar-refractivity contribution in [2.45, 2.75) is 52.0 Å². The van der Waals surface area contributed by atoms with E-state index in [1.54, 1.807) is 26.1 Å². The standard InChI is InChI=1S/C31H28F4N6O.C31H29F3N6O.C30H26F4N6O/c1-19-20(3-4-21-16-38-29(36)26-8-6-24(32)14-27(21)26)13-23(17-37-19)30(42)39-25-7-5-22(28(15-25)31(33,34)35)18-41-11-9-40(2)10-12-41;1-20-21(7-8-22-17-37-29(35)27-6-4-3-5-26(22)27)15-24(18-36-20)30(41)38-25-10-9-23(28(16-25)31(32,33)34)19-40-13-11-39(2)12-14-40;1-39-8-10-40(11-9-39)18-21-4-6-24(14-27(21)30(32,33)34)38-29(41)22-12-19(15-36-16-22)2-3-20-17-37-28(35)25-7-5-23(31)13-26(20)25/h5-8,13-17H,9-12,18H2,1-2H3,(H2,36,38)(H,39,42);3-6,9-10,15-18H,11-14,19H2,1-2H3,(H2,35,37)(H,38,41);4-7,12-17H,8-11,18H2,1H3,(H2,35,37)(H,38,41). The minimum atomic E-state index is -4.58. The minimum absolute atomic E-state index is 0.0161. The van der Waals surface area contributed by atoms with Crippen LogP contribution in [0.25, 0.3) is 32.3 Å². The van der Waals surface area contributed by atoms with Crippen molar-refractivity contribution in [1.29, 1.82) is 0 Å². The molecule has 15 rings (SSSR count). The van der Waals surface area contributed by atoms with Crippen molar-refractivity contribution in [1.82, 2.24) is 59.3 Å². The smallest absolute Gasteiger partial charge is 0.383 e. The molecule has 6 aromatic carbocycles. The highest BCUT2D eigenvalue weighted by Crippen LogP contribution is 2.39. The maximum atomic E-state index is 14.0. The largest absolute Gasteiger partial charge is 0.416 e. The van der Waals surface area contributed by atoms with Gasteiger partial charge in [-0.3, -0.25) is 44.0 Å². The lowest BCUT2D eigenvalue weighted by Crippen LogP contribution is -2.44. The number of alkyl halides is 9. The molecule has 0 atom stereocenters. The molecular weight excluding hydrogens is 1610 g/mol. The van der Waals surface area contributed by atoms with Gasteiger partial charge >= 0.3 is 18.5 Å². The van der Waals surface area contributed by atoms with Crippen LogP contribution < -0.4 is 33.2 Å². The molecule has 3 aliphatic heterocycles. The Morgan fingerprint density at radius 1 is 0.355 bits per heavy atom. The van der Waals surface area contributed by atoms with Gasteiger partial charge in [0, 0.05) is 208 Å². The van der Waals surface area contributed by atoms with Crippen LogP contribution in [0.2, 0.25) is 0 Å². The lowest BCUT2D eigenvalue weighted by atomic mass is 10.0. The number of nitrogens with two attached hydrogens (primary N) is 3. The number of carbonyl (C=O) groups is 3. The molecule has 3 aliphatic rings. The zero-order chi connectivity index (χ0) is 88.3. The number of halogens is 11. The van der Waals surface area contributed by atoms with E-state index in [4.69, 9.17) is 17.2 Å². The van der Waals surface area contributed by atoms with Crippen LogP contribution in [0.1, 0.15) is 109 Å². The maximum Gasteiger partial charge on any atom is 0.416 e. The monoisotopic (exact) mass is 1700 g/mol. The topological polar surface area (TPSA) is 262 Å². The summed E-state index contributed by atoms with van der Waals surface area (Å²) in [6, 6.07) is 31.9. The van der Waals surface area contributed by atoms with E-state index in [9.17, 15) is 62.7 Å². The van der Waals surface area contributed by atoms with Gasteiger partial charge in [0.2, 0.25) is 0 Å². The van der Waals surface area contributed by atoms with Crippen LogP contribution in [0.5, 0.6) is 0 Å². The Bertz CT molecular complexity index is 6240. The van der Waals surface area contributed by atoms with Crippen LogP contribution in [-0.2, 0) is 38.2 Å². The molecule has 0 spiro atoms. The molecular formula is C92H83F11N18O3. The quantitative estimate of drug-likeness (QED) is 0.0490. The summed E-state index contributed by atoms with van der Waals surface area (Å²) in [6.45, 7) is 12.9. The van der Waals surface area contributed by atoms with Crippen LogP contribution in [0.4, 0.5) is 82.8 Å². The number of fused-ring (bicyclic) bond motifs is 3. The summed E-state index contributed by atoms with van der Waals surface area (Å²) < 4.78 is 153. The van der Waals surface area contributed by atoms with E-state index in [0.717, 1.165) is 68.2 Å². The molecule has 0 saturated carbocycles. The second-order valence-corrected chi connectivity index (χ2v) is 30.2. The van der Waals surface area contributed by atoms with Gasteiger partial charge in [-0.25, -0.2) is 23.7 Å². The van der Waals surface area contributed by atoms with Gasteiger partial charge in [0.1, 0.15) is 29.1 Å². The zero-order valence-corrected chi connectivity index (χ0v) is 67.8. The van der Waals surface area contributed by atoms with Gasteiger partial charge in [0.05, 0.1) is 61.5 Å². The molecule has 3 fully saturated rings. The highest BCUT2D eigenvalue weighted by molar-refractivity contribution is 6.06. The first-order valence-corrected chi connectivity index (χ1v) is 39.1. The number of piperazine rings is 3. The lowest BCUT2D eigenvalue weighted by molar-refractivity contribution is -0.139. The number of pyridine rings is 6. The van der Waals surface area contributed by atoms with Crippen molar-refractivity contribution in [2.24, 2.45) is 0 Å². The fourth-order valence-corrected chi connectivity index (χ4v) is 14.1. The third-order valence-electron chi connectivity index (χ3n) is 21.3. The molecule has 3 amide bonds. The van der Waals surface area contributed by atoms with E-state index in [1.165, 1.54) is 122 Å². The van der Waals surface area contributed by atoms with Crippen molar-refractivity contribution < 1.29 is 62.7 Å². The first-order valence-electron chi connectivity index (χ1n) is 39.1. The van der Waals surface area contributed by atoms with Crippen LogP contribution in [0.3, 0.4) is 0 Å². The number of aryl methyl sites for hydroxylation is 2. The number of anilines is 6. The first kappa shape index (κ1) is 88.3. The van der Waals surface area contributed by atoms with Gasteiger partial charge in [0.25, 0.3) is 17.7 Å². The van der Waals surface area contributed by atoms with Crippen LogP contribution in [0, 0.1) is 61.0 Å². The summed E-state index contributed by atoms with van der Waals surface area (Å²) in [5.41, 5.74) is 20.4. The van der Waals surface area contributed by atoms with Crippen molar-refractivity contribution >= 4 is 84.6 Å². The molecule has 9 heterocycles. The van der Waals surface area contributed by atoms with Crippen LogP contribution in [0.15, 0.2) is 177 Å². The first-order chi connectivity index (χ1) is 59.1. The lowest BCUT2D eigenvalue weighted by Gasteiger charge is -2.33. The second kappa shape index (κ2) is 38.3. The molecule has 0 aliphatic carbocycles. The van der Waals surface area contributed by atoms with E-state index < -0.39 is 64.6 Å². The number of nitrogen functional groups attached to an aromatic ring is 3. The summed E-state index contributed by atoms with van der Waals surface area (Å²) in [4.78, 5) is 76.4. The maximum absolute atomic E-state index is 14.0. The van der Waals surface area contributed by atoms with E-state index >= 15 is 0 Å². The highest BCUT2D eigenvalue weighted by Gasteiger charge is 2.38. The van der Waals surface area contributed by atoms with Gasteiger partial charge in [0.15, 0.2) is 0 Å². The Morgan fingerprint density at radius 3 is 1.04 bits per heavy atom. The third-order valence-corrected chi connectivity index (χ3v) is 21.3. The summed E-state index contributed by atoms with van der Waals surface area (Å²) in [7, 11) is 5.96. The number of aromatic nitrogens is 6. The van der Waals surface area contributed by atoms with Crippen molar-refractivity contribution in [3.05, 3.63) is 283 Å². The Labute approximate surface area is 706 Å². The molecule has 0 bridgehead atoms. The SMILES string of the molecule is CN1CCN(Cc2ccc(NC(=O)c3cncc(C#Cc4cnc(N)c5ccc(F)cc45)c3)cc2C(F)(F)F)CC1.Cc1ncc(C(=O)Nc2ccc(CN3CCN(C)CC3)c(C(F)(F)F)c2)cc1C#Cc1cnc(N)c2ccc(F)cc12.Cc1ncc(C(=O)Nc2ccc(CN3CCN(C)CC3)c(C(F)(F)F)c2)cc1C#Cc1cnc(N)c2ccccc12. The van der Waals surface area contributed by atoms with E-state index in [1.807, 2.05) is 60.1 Å². The number of nitrogens with zero attached hydrogens (tertiary/aromatic N) is 12. The highest BCUT2D eigenvalue weighted by atomic mass is 19.4. The minimum Gasteiger partial charge on any atom is -0.383 e. The molecule has 124 heavy (non-hydrogen) atoms. The van der Waals surface area contributed by atoms with Gasteiger partial charge in [-0.2, -0.15) is 39.5 Å². The molecule has 3 saturated heterocycles. The number of benzene rings is 6. The van der Waals surface area contributed by atoms with Crippen LogP contribution >= 0.6 is 0 Å². The predicted octanol–water partition coefficient (Wildman–Crippen LogP) is 14.8. The van der Waals surface area contributed by atoms with Crippen molar-refractivity contribution in [3.8, 4) is 35.5 Å². The Balaban J connectivity index is 0.000000160. The molecule has 12 aromatic rings. The molecule has 0 radical (unpaired) electrons. The van der Waals surface area contributed by atoms with Gasteiger partial charge < -0.3 is 47.9 Å². The Morgan fingerprint density at radius 2 is 0.677 bits per heavy atom. The van der Waals surface area contributed by atoms with Gasteiger partial charge in [-0.05, 0) is 143 Å². The van der Waals surface area contributed by atoms with E-state index in [2.05, 4.69) is 96.1 Å². The van der Waals surface area contributed by atoms with E-state index in [0.29, 0.717) is 111 Å². The van der Waals surface area contributed by atoms with Crippen molar-refractivity contribution in [3.63, 3.8) is 0 Å². The van der Waals surface area contributed by atoms with Gasteiger partial charge in [-0.1, -0.05) is 78.0 Å². The molecule has 32 heteroatoms. The van der Waals surface area contributed by atoms with E-state index in [-0.39, 0.29) is 81.7 Å². The number of hydrogen-bond donors (Lipinski definition) is 6. The summed E-state index contributed by atoms with van der Waals surface area (Å²) in [5, 5.41) is 11.4. The zero-order valence-electron chi connectivity index (χ0n) is 67.8. The number of rotatable bonds is 12. The normalized spacial score (nSPS) is 14.5. The molecule has 9 N–H and O–H groups in total. The Kier molecular flexibility index (Phi) is 27.2. The summed E-state index contributed by atoms with van der Waals surface area (Å²) in [6.07, 6.45) is -3.82. The number of amides is 3. The fourth-order valence-electron chi connectivity index (χ4n) is 14.1. The average Bonchev–Trinajstić information content (AvgIpc) is 0.826. The summed E-state index contributed by atoms with van der Waals surface area (Å²) in [5.74, 6) is 15.9. The number of hydrogen-bond acceptors (Lipinski definition) is 18. The Hall–Kier alpha value is -13.5. The number of carbonyl (C=O) groups excluding carboxylic acids is 3. The van der Waals surface area contributed by atoms with Crippen LogP contribution in [-0.4, -0.2) is 177 Å². The predicted molar refractivity (Wildman–Crippen MR) is 455 cm³/mol. The number of nitrogens with one attached hydrogen (secondary N) is 3. The fraction of sp³-hybridized carbons (Fsp3) is 0.250. The molecule has 0 unspecified atom stereocenters. The summed E-state index contributed by atoms with van der Waals surface area (Å²) >= 11 is 0. The number of likely N-dealkylation sites (N-methyl/N-ethyl adjacent to an activating group) is 3. The molecule has 636 valence electrons. The average molecular weight is 1700 g/mol. The van der Waals surface area contributed by atoms with Crippen molar-refractivity contribution in [2.75, 3.05) is 133 Å². The third kappa shape index (κ3) is 22.4. The molecule has 21 nitrogen and oxygen atoms in total.